The first-order chi connectivity index (χ1) is 23.9. The average molecular weight is 667 g/mol. The quantitative estimate of drug-likeness (QED) is 0.384. The number of pyridine rings is 1. The van der Waals surface area contributed by atoms with Gasteiger partial charge in [0.1, 0.15) is 18.6 Å². The maximum Gasteiger partial charge on any atom is 0.318 e. The van der Waals surface area contributed by atoms with Gasteiger partial charge in [-0.3, -0.25) is 14.8 Å². The highest BCUT2D eigenvalue weighted by Crippen LogP contribution is 2.47. The van der Waals surface area contributed by atoms with E-state index < -0.39 is 6.17 Å². The first-order valence-corrected chi connectivity index (χ1v) is 17.8. The number of aromatic nitrogens is 3. The molecule has 8 rings (SSSR count). The summed E-state index contributed by atoms with van der Waals surface area (Å²) >= 11 is 0. The van der Waals surface area contributed by atoms with Gasteiger partial charge in [-0.2, -0.15) is 9.97 Å². The number of ether oxygens (including phenoxy) is 2. The van der Waals surface area contributed by atoms with E-state index in [2.05, 4.69) is 51.0 Å². The maximum absolute atomic E-state index is 14.6. The van der Waals surface area contributed by atoms with Crippen molar-refractivity contribution in [1.82, 2.24) is 24.8 Å². The Labute approximate surface area is 288 Å². The number of alkyl halides is 1. The number of hydrogen-bond donors (Lipinski definition) is 1. The van der Waals surface area contributed by atoms with Crippen molar-refractivity contribution in [3.63, 3.8) is 0 Å². The van der Waals surface area contributed by atoms with Gasteiger partial charge >= 0.3 is 6.01 Å². The number of benzene rings is 1. The maximum atomic E-state index is 14.6. The van der Waals surface area contributed by atoms with Gasteiger partial charge in [-0.25, -0.2) is 9.37 Å². The third-order valence-corrected chi connectivity index (χ3v) is 11.5. The van der Waals surface area contributed by atoms with Crippen LogP contribution in [0.4, 0.5) is 10.2 Å². The standard InChI is InChI=1S/C38H47FN8O2/c1-45-24-29-33(21-38(45)15-6-10-26-9-3-4-11-30(26)38)43-36(49-25-37-14-7-18-47(37)22-27(39)20-37)44-35(29)46-17-8-16-41-28(23-46)19-31(40)32-12-5-13-34(42-32)48-2/h3-5,9,11-13,19,27H,6-8,10,14-18,20-25,40H2,1-2H3/t27-,37+,38+/m1/s1. The van der Waals surface area contributed by atoms with Crippen molar-refractivity contribution in [2.75, 3.05) is 58.4 Å². The molecule has 3 atom stereocenters. The Morgan fingerprint density at radius 1 is 1.04 bits per heavy atom. The number of anilines is 1. The lowest BCUT2D eigenvalue weighted by molar-refractivity contribution is 0.0714. The topological polar surface area (TPSA) is 105 Å². The Morgan fingerprint density at radius 3 is 2.84 bits per heavy atom. The predicted molar refractivity (Wildman–Crippen MR) is 189 cm³/mol. The number of fused-ring (bicyclic) bond motifs is 4. The summed E-state index contributed by atoms with van der Waals surface area (Å²) in [6.07, 6.45) is 8.63. The summed E-state index contributed by atoms with van der Waals surface area (Å²) in [5, 5.41) is 0. The summed E-state index contributed by atoms with van der Waals surface area (Å²) < 4.78 is 26.5. The van der Waals surface area contributed by atoms with Crippen molar-refractivity contribution in [1.29, 1.82) is 0 Å². The van der Waals surface area contributed by atoms with Crippen LogP contribution in [0, 0.1) is 0 Å². The van der Waals surface area contributed by atoms with Gasteiger partial charge in [0.05, 0.1) is 47.5 Å². The normalized spacial score (nSPS) is 27.3. The van der Waals surface area contributed by atoms with Crippen molar-refractivity contribution < 1.29 is 13.9 Å². The number of methoxy groups -OCH3 is 1. The molecule has 0 saturated carbocycles. The summed E-state index contributed by atoms with van der Waals surface area (Å²) in [5.74, 6) is 1.41. The van der Waals surface area contributed by atoms with Crippen LogP contribution < -0.4 is 20.1 Å². The third-order valence-electron chi connectivity index (χ3n) is 11.5. The molecule has 49 heavy (non-hydrogen) atoms. The number of nitrogens with two attached hydrogens (primary N) is 1. The fourth-order valence-electron chi connectivity index (χ4n) is 9.08. The first kappa shape index (κ1) is 32.1. The second kappa shape index (κ2) is 13.0. The molecule has 2 fully saturated rings. The monoisotopic (exact) mass is 666 g/mol. The summed E-state index contributed by atoms with van der Waals surface area (Å²) in [6.45, 7) is 4.58. The Kier molecular flexibility index (Phi) is 8.52. The fraction of sp³-hybridized carbons (Fsp3) is 0.526. The van der Waals surface area contributed by atoms with E-state index in [4.69, 9.17) is 30.2 Å². The van der Waals surface area contributed by atoms with Crippen LogP contribution >= 0.6 is 0 Å². The lowest BCUT2D eigenvalue weighted by atomic mass is 9.71. The van der Waals surface area contributed by atoms with Crippen LogP contribution in [0.15, 0.2) is 53.5 Å². The first-order valence-electron chi connectivity index (χ1n) is 17.8. The molecule has 0 bridgehead atoms. The fourth-order valence-corrected chi connectivity index (χ4v) is 9.08. The molecule has 258 valence electrons. The van der Waals surface area contributed by atoms with E-state index in [0.717, 1.165) is 87.4 Å². The van der Waals surface area contributed by atoms with Crippen molar-refractivity contribution in [3.05, 3.63) is 76.6 Å². The molecule has 3 aromatic rings. The lowest BCUT2D eigenvalue weighted by Crippen LogP contribution is -2.51. The zero-order valence-electron chi connectivity index (χ0n) is 28.7. The van der Waals surface area contributed by atoms with Crippen LogP contribution in [0.1, 0.15) is 66.6 Å². The molecular weight excluding hydrogens is 619 g/mol. The molecule has 1 aliphatic carbocycles. The van der Waals surface area contributed by atoms with Crippen molar-refractivity contribution in [3.8, 4) is 11.9 Å². The summed E-state index contributed by atoms with van der Waals surface area (Å²) in [4.78, 5) is 26.9. The molecule has 4 aliphatic heterocycles. The Morgan fingerprint density at radius 2 is 1.94 bits per heavy atom. The van der Waals surface area contributed by atoms with Crippen molar-refractivity contribution >= 4 is 17.2 Å². The SMILES string of the molecule is COc1cccc(C(N)=CC2=NCCCN(c3nc(OC[C@@]45CCCN4C[C@H](F)C5)nc4c3CN(C)[C@@]3(CCCc5ccccc53)C4)C2)n1. The van der Waals surface area contributed by atoms with E-state index in [0.29, 0.717) is 55.9 Å². The van der Waals surface area contributed by atoms with Crippen molar-refractivity contribution in [2.45, 2.75) is 75.2 Å². The van der Waals surface area contributed by atoms with Gasteiger partial charge in [0.2, 0.25) is 5.88 Å². The minimum atomic E-state index is -0.812. The number of likely N-dealkylation sites (N-methyl/N-ethyl adjacent to an activating group) is 1. The zero-order valence-corrected chi connectivity index (χ0v) is 28.7. The molecule has 2 aromatic heterocycles. The zero-order chi connectivity index (χ0) is 33.6. The molecule has 2 N–H and O–H groups in total. The summed E-state index contributed by atoms with van der Waals surface area (Å²) in [7, 11) is 3.85. The summed E-state index contributed by atoms with van der Waals surface area (Å²) in [6, 6.07) is 14.9. The molecule has 0 radical (unpaired) electrons. The van der Waals surface area contributed by atoms with Crippen LogP contribution in [0.5, 0.6) is 11.9 Å². The molecule has 5 aliphatic rings. The van der Waals surface area contributed by atoms with E-state index in [1.54, 1.807) is 13.2 Å². The largest absolute Gasteiger partial charge is 0.481 e. The van der Waals surface area contributed by atoms with Gasteiger partial charge in [-0.1, -0.05) is 30.3 Å². The van der Waals surface area contributed by atoms with Crippen LogP contribution in [0.25, 0.3) is 5.70 Å². The van der Waals surface area contributed by atoms with Gasteiger partial charge in [-0.15, -0.1) is 0 Å². The number of aryl methyl sites for hydroxylation is 1. The molecular formula is C38H47FN8O2. The Balaban J connectivity index is 1.15. The minimum Gasteiger partial charge on any atom is -0.481 e. The van der Waals surface area contributed by atoms with Gasteiger partial charge in [0, 0.05) is 50.7 Å². The number of aliphatic imine (C=N–C) groups is 1. The van der Waals surface area contributed by atoms with Gasteiger partial charge in [0.25, 0.3) is 0 Å². The smallest absolute Gasteiger partial charge is 0.318 e. The molecule has 1 spiro atoms. The molecule has 10 nitrogen and oxygen atoms in total. The molecule has 2 saturated heterocycles. The average Bonchev–Trinajstić information content (AvgIpc) is 3.54. The second-order valence-corrected chi connectivity index (χ2v) is 14.5. The number of halogens is 1. The molecule has 11 heteroatoms. The van der Waals surface area contributed by atoms with E-state index >= 15 is 0 Å². The molecule has 1 aromatic carbocycles. The van der Waals surface area contributed by atoms with Crippen LogP contribution in [-0.2, 0) is 24.9 Å². The minimum absolute atomic E-state index is 0.134. The van der Waals surface area contributed by atoms with E-state index in [1.165, 1.54) is 11.1 Å². The third kappa shape index (κ3) is 5.94. The van der Waals surface area contributed by atoms with Crippen molar-refractivity contribution in [2.24, 2.45) is 10.7 Å². The van der Waals surface area contributed by atoms with Gasteiger partial charge in [0.15, 0.2) is 0 Å². The van der Waals surface area contributed by atoms with Gasteiger partial charge < -0.3 is 20.1 Å². The van der Waals surface area contributed by atoms with Crippen LogP contribution in [-0.4, -0.2) is 95.7 Å². The van der Waals surface area contributed by atoms with Gasteiger partial charge in [-0.05, 0) is 75.4 Å². The second-order valence-electron chi connectivity index (χ2n) is 14.5. The highest BCUT2D eigenvalue weighted by atomic mass is 19.1. The Hall–Kier alpha value is -4.09. The van der Waals surface area contributed by atoms with E-state index in [-0.39, 0.29) is 11.1 Å². The van der Waals surface area contributed by atoms with Crippen LogP contribution in [0.3, 0.4) is 0 Å². The number of rotatable bonds is 7. The highest BCUT2D eigenvalue weighted by Gasteiger charge is 2.50. The Bertz CT molecular complexity index is 1780. The predicted octanol–water partition coefficient (Wildman–Crippen LogP) is 4.71. The molecule has 6 heterocycles. The molecule has 0 unspecified atom stereocenters. The summed E-state index contributed by atoms with van der Waals surface area (Å²) in [5.41, 5.74) is 13.2. The molecule has 0 amide bonds. The number of nitrogens with zero attached hydrogens (tertiary/aromatic N) is 7. The number of hydrogen-bond acceptors (Lipinski definition) is 10. The van der Waals surface area contributed by atoms with E-state index in [1.807, 2.05) is 18.2 Å². The van der Waals surface area contributed by atoms with Crippen LogP contribution in [0.2, 0.25) is 0 Å². The highest BCUT2D eigenvalue weighted by molar-refractivity contribution is 6.03. The lowest BCUT2D eigenvalue weighted by Gasteiger charge is -2.49. The van der Waals surface area contributed by atoms with E-state index in [9.17, 15) is 4.39 Å².